The van der Waals surface area contributed by atoms with Crippen LogP contribution in [0.1, 0.15) is 29.7 Å². The van der Waals surface area contributed by atoms with Gasteiger partial charge < -0.3 is 9.84 Å². The van der Waals surface area contributed by atoms with Gasteiger partial charge in [0.1, 0.15) is 18.2 Å². The lowest BCUT2D eigenvalue weighted by molar-refractivity contribution is 0.199. The lowest BCUT2D eigenvalue weighted by atomic mass is 10.1. The number of halogens is 2. The van der Waals surface area contributed by atoms with Gasteiger partial charge in [0.2, 0.25) is 0 Å². The summed E-state index contributed by atoms with van der Waals surface area (Å²) in [6, 6.07) is 9.75. The molecule has 0 spiro atoms. The Hall–Kier alpha value is -1.58. The van der Waals surface area contributed by atoms with Crippen molar-refractivity contribution in [1.29, 1.82) is 0 Å². The van der Waals surface area contributed by atoms with E-state index < -0.39 is 6.10 Å². The van der Waals surface area contributed by atoms with Gasteiger partial charge in [-0.25, -0.2) is 4.39 Å². The first kappa shape index (κ1) is 14.8. The first-order chi connectivity index (χ1) is 9.47. The van der Waals surface area contributed by atoms with Gasteiger partial charge in [0.05, 0.1) is 11.1 Å². The predicted octanol–water partition coefficient (Wildman–Crippen LogP) is 4.42. The minimum Gasteiger partial charge on any atom is -0.489 e. The number of hydrogen-bond acceptors (Lipinski definition) is 2. The van der Waals surface area contributed by atoms with Crippen LogP contribution >= 0.6 is 11.6 Å². The standard InChI is InChI=1S/C16H16ClFO2/c1-10-7-12(11(2)19)4-6-16(10)20-9-13-3-5-14(18)8-15(13)17/h3-8,11,19H,9H2,1-2H3/t11-/m1/s1. The minimum absolute atomic E-state index is 0.272. The Bertz CT molecular complexity index is 611. The van der Waals surface area contributed by atoms with E-state index in [2.05, 4.69) is 0 Å². The lowest BCUT2D eigenvalue weighted by Gasteiger charge is -2.12. The number of rotatable bonds is 4. The molecule has 0 amide bonds. The second-order valence-corrected chi connectivity index (χ2v) is 5.13. The van der Waals surface area contributed by atoms with Crippen LogP contribution in [-0.2, 0) is 6.61 Å². The molecule has 106 valence electrons. The summed E-state index contributed by atoms with van der Waals surface area (Å²) in [5, 5.41) is 9.87. The number of benzene rings is 2. The van der Waals surface area contributed by atoms with Gasteiger partial charge in [-0.05, 0) is 49.2 Å². The van der Waals surface area contributed by atoms with E-state index >= 15 is 0 Å². The lowest BCUT2D eigenvalue weighted by Crippen LogP contribution is -1.99. The van der Waals surface area contributed by atoms with Crippen LogP contribution in [0.25, 0.3) is 0 Å². The number of aliphatic hydroxyl groups is 1. The molecule has 0 bridgehead atoms. The fourth-order valence-corrected chi connectivity index (χ4v) is 2.11. The number of aryl methyl sites for hydroxylation is 1. The third-order valence-electron chi connectivity index (χ3n) is 3.08. The van der Waals surface area contributed by atoms with Crippen molar-refractivity contribution in [3.05, 3.63) is 63.9 Å². The molecule has 0 heterocycles. The van der Waals surface area contributed by atoms with Crippen molar-refractivity contribution in [1.82, 2.24) is 0 Å². The van der Waals surface area contributed by atoms with Gasteiger partial charge in [0, 0.05) is 5.56 Å². The van der Waals surface area contributed by atoms with Crippen molar-refractivity contribution in [3.8, 4) is 5.75 Å². The van der Waals surface area contributed by atoms with Gasteiger partial charge in [-0.2, -0.15) is 0 Å². The van der Waals surface area contributed by atoms with E-state index in [4.69, 9.17) is 16.3 Å². The zero-order chi connectivity index (χ0) is 14.7. The molecule has 1 N–H and O–H groups in total. The Morgan fingerprint density at radius 1 is 1.25 bits per heavy atom. The zero-order valence-electron chi connectivity index (χ0n) is 11.4. The molecular formula is C16H16ClFO2. The summed E-state index contributed by atoms with van der Waals surface area (Å²) in [6.07, 6.45) is -0.505. The van der Waals surface area contributed by atoms with Gasteiger partial charge in [0.25, 0.3) is 0 Å². The van der Waals surface area contributed by atoms with Crippen LogP contribution in [0.4, 0.5) is 4.39 Å². The second-order valence-electron chi connectivity index (χ2n) is 4.73. The first-order valence-electron chi connectivity index (χ1n) is 6.32. The second kappa shape index (κ2) is 6.25. The SMILES string of the molecule is Cc1cc([C@@H](C)O)ccc1OCc1ccc(F)cc1Cl. The average Bonchev–Trinajstić information content (AvgIpc) is 2.38. The van der Waals surface area contributed by atoms with E-state index in [1.165, 1.54) is 12.1 Å². The molecule has 0 aliphatic rings. The van der Waals surface area contributed by atoms with Crippen LogP contribution in [0, 0.1) is 12.7 Å². The zero-order valence-corrected chi connectivity index (χ0v) is 12.1. The van der Waals surface area contributed by atoms with Crippen molar-refractivity contribution >= 4 is 11.6 Å². The average molecular weight is 295 g/mol. The summed E-state index contributed by atoms with van der Waals surface area (Å²) in [5.74, 6) is 0.353. The molecule has 2 aromatic rings. The van der Waals surface area contributed by atoms with Crippen molar-refractivity contribution in [3.63, 3.8) is 0 Å². The van der Waals surface area contributed by atoms with Crippen molar-refractivity contribution in [2.24, 2.45) is 0 Å². The van der Waals surface area contributed by atoms with E-state index in [9.17, 15) is 9.50 Å². The van der Waals surface area contributed by atoms with Crippen LogP contribution in [0.5, 0.6) is 5.75 Å². The Morgan fingerprint density at radius 3 is 2.60 bits per heavy atom. The van der Waals surface area contributed by atoms with Crippen molar-refractivity contribution < 1.29 is 14.2 Å². The maximum Gasteiger partial charge on any atom is 0.124 e. The number of ether oxygens (including phenoxy) is 1. The molecule has 20 heavy (non-hydrogen) atoms. The van der Waals surface area contributed by atoms with E-state index in [1.807, 2.05) is 25.1 Å². The molecule has 0 saturated carbocycles. The molecular weight excluding hydrogens is 279 g/mol. The molecule has 0 aliphatic heterocycles. The highest BCUT2D eigenvalue weighted by Gasteiger charge is 2.07. The van der Waals surface area contributed by atoms with Gasteiger partial charge in [-0.1, -0.05) is 23.7 Å². The summed E-state index contributed by atoms with van der Waals surface area (Å²) >= 11 is 5.95. The highest BCUT2D eigenvalue weighted by Crippen LogP contribution is 2.25. The third-order valence-corrected chi connectivity index (χ3v) is 3.43. The van der Waals surface area contributed by atoms with E-state index in [0.717, 1.165) is 22.4 Å². The van der Waals surface area contributed by atoms with E-state index in [0.29, 0.717) is 5.02 Å². The first-order valence-corrected chi connectivity index (χ1v) is 6.70. The Balaban J connectivity index is 2.11. The summed E-state index contributed by atoms with van der Waals surface area (Å²) in [7, 11) is 0. The minimum atomic E-state index is -0.505. The molecule has 1 atom stereocenters. The molecule has 2 aromatic carbocycles. The smallest absolute Gasteiger partial charge is 0.124 e. The maximum atomic E-state index is 12.9. The van der Waals surface area contributed by atoms with Crippen LogP contribution in [0.3, 0.4) is 0 Å². The molecule has 0 saturated heterocycles. The molecule has 4 heteroatoms. The fraction of sp³-hybridized carbons (Fsp3) is 0.250. The summed E-state index contributed by atoms with van der Waals surface area (Å²) in [5.41, 5.74) is 2.50. The fourth-order valence-electron chi connectivity index (χ4n) is 1.89. The number of aliphatic hydroxyl groups excluding tert-OH is 1. The van der Waals surface area contributed by atoms with Crippen molar-refractivity contribution in [2.75, 3.05) is 0 Å². The molecule has 0 aliphatic carbocycles. The van der Waals surface area contributed by atoms with Crippen LogP contribution in [0.15, 0.2) is 36.4 Å². The van der Waals surface area contributed by atoms with E-state index in [-0.39, 0.29) is 12.4 Å². The highest BCUT2D eigenvalue weighted by atomic mass is 35.5. The summed E-state index contributed by atoms with van der Waals surface area (Å²) in [6.45, 7) is 3.90. The molecule has 0 aromatic heterocycles. The van der Waals surface area contributed by atoms with Gasteiger partial charge in [-0.15, -0.1) is 0 Å². The molecule has 0 fully saturated rings. The largest absolute Gasteiger partial charge is 0.489 e. The molecule has 2 nitrogen and oxygen atoms in total. The Kier molecular flexibility index (Phi) is 4.63. The van der Waals surface area contributed by atoms with Gasteiger partial charge in [-0.3, -0.25) is 0 Å². The molecule has 2 rings (SSSR count). The Labute approximate surface area is 122 Å². The van der Waals surface area contributed by atoms with E-state index in [1.54, 1.807) is 13.0 Å². The van der Waals surface area contributed by atoms with Crippen LogP contribution in [0.2, 0.25) is 5.02 Å². The monoisotopic (exact) mass is 294 g/mol. The van der Waals surface area contributed by atoms with Crippen LogP contribution in [-0.4, -0.2) is 5.11 Å². The van der Waals surface area contributed by atoms with Crippen molar-refractivity contribution in [2.45, 2.75) is 26.6 Å². The summed E-state index contributed by atoms with van der Waals surface area (Å²) < 4.78 is 18.6. The molecule has 0 unspecified atom stereocenters. The highest BCUT2D eigenvalue weighted by molar-refractivity contribution is 6.31. The quantitative estimate of drug-likeness (QED) is 0.904. The Morgan fingerprint density at radius 2 is 2.00 bits per heavy atom. The molecule has 0 radical (unpaired) electrons. The normalized spacial score (nSPS) is 12.2. The predicted molar refractivity (Wildman–Crippen MR) is 77.6 cm³/mol. The topological polar surface area (TPSA) is 29.5 Å². The maximum absolute atomic E-state index is 12.9. The third kappa shape index (κ3) is 3.50. The van der Waals surface area contributed by atoms with Crippen LogP contribution < -0.4 is 4.74 Å². The van der Waals surface area contributed by atoms with Gasteiger partial charge in [0.15, 0.2) is 0 Å². The number of hydrogen-bond donors (Lipinski definition) is 1. The van der Waals surface area contributed by atoms with Gasteiger partial charge >= 0.3 is 0 Å². The summed E-state index contributed by atoms with van der Waals surface area (Å²) in [4.78, 5) is 0.